The number of halogens is 2. The van der Waals surface area contributed by atoms with E-state index in [1.807, 2.05) is 13.8 Å². The van der Waals surface area contributed by atoms with Crippen LogP contribution in [0.15, 0.2) is 22.7 Å². The molecule has 1 aromatic carbocycles. The van der Waals surface area contributed by atoms with Crippen molar-refractivity contribution in [2.75, 3.05) is 0 Å². The number of rotatable bonds is 4. The fourth-order valence-electron chi connectivity index (χ4n) is 1.99. The van der Waals surface area contributed by atoms with Crippen LogP contribution in [0.4, 0.5) is 4.39 Å². The van der Waals surface area contributed by atoms with Gasteiger partial charge >= 0.3 is 5.97 Å². The summed E-state index contributed by atoms with van der Waals surface area (Å²) in [6, 6.07) is 4.69. The molecule has 1 aromatic heterocycles. The van der Waals surface area contributed by atoms with Gasteiger partial charge in [0.15, 0.2) is 5.69 Å². The number of benzene rings is 1. The van der Waals surface area contributed by atoms with Gasteiger partial charge in [-0.25, -0.2) is 13.9 Å². The van der Waals surface area contributed by atoms with Crippen molar-refractivity contribution in [3.8, 4) is 0 Å². The Morgan fingerprint density at radius 1 is 1.50 bits per heavy atom. The van der Waals surface area contributed by atoms with Gasteiger partial charge in [-0.1, -0.05) is 31.2 Å². The molecule has 0 saturated carbocycles. The highest BCUT2D eigenvalue weighted by Gasteiger charge is 2.22. The van der Waals surface area contributed by atoms with Crippen molar-refractivity contribution in [2.45, 2.75) is 26.3 Å². The Morgan fingerprint density at radius 2 is 2.20 bits per heavy atom. The van der Waals surface area contributed by atoms with Crippen LogP contribution in [0.1, 0.15) is 41.5 Å². The molecule has 0 aliphatic rings. The zero-order valence-electron chi connectivity index (χ0n) is 11.0. The fourth-order valence-corrected chi connectivity index (χ4v) is 2.38. The minimum atomic E-state index is -1.11. The van der Waals surface area contributed by atoms with Crippen molar-refractivity contribution in [3.05, 3.63) is 45.4 Å². The van der Waals surface area contributed by atoms with Gasteiger partial charge in [-0.15, -0.1) is 5.10 Å². The van der Waals surface area contributed by atoms with E-state index in [0.29, 0.717) is 15.7 Å². The van der Waals surface area contributed by atoms with E-state index in [2.05, 4.69) is 26.2 Å². The van der Waals surface area contributed by atoms with Gasteiger partial charge in [0.25, 0.3) is 0 Å². The third-order valence-electron chi connectivity index (χ3n) is 2.87. The molecule has 1 N–H and O–H groups in total. The van der Waals surface area contributed by atoms with Crippen LogP contribution in [0.25, 0.3) is 0 Å². The summed E-state index contributed by atoms with van der Waals surface area (Å²) in [6.07, 6.45) is 0. The van der Waals surface area contributed by atoms with E-state index in [1.165, 1.54) is 10.7 Å². The normalized spacial score (nSPS) is 11.1. The van der Waals surface area contributed by atoms with Crippen LogP contribution in [-0.2, 0) is 6.54 Å². The summed E-state index contributed by atoms with van der Waals surface area (Å²) in [6.45, 7) is 3.98. The van der Waals surface area contributed by atoms with Crippen molar-refractivity contribution in [1.82, 2.24) is 15.0 Å². The molecule has 0 spiro atoms. The van der Waals surface area contributed by atoms with Crippen molar-refractivity contribution < 1.29 is 14.3 Å². The molecule has 0 aliphatic carbocycles. The van der Waals surface area contributed by atoms with Gasteiger partial charge in [0.1, 0.15) is 5.82 Å². The number of carboxylic acids is 1. The van der Waals surface area contributed by atoms with Crippen molar-refractivity contribution in [2.24, 2.45) is 0 Å². The Morgan fingerprint density at radius 3 is 2.80 bits per heavy atom. The molecular weight excluding hydrogens is 329 g/mol. The van der Waals surface area contributed by atoms with Gasteiger partial charge < -0.3 is 5.11 Å². The van der Waals surface area contributed by atoms with E-state index in [4.69, 9.17) is 5.11 Å². The van der Waals surface area contributed by atoms with E-state index >= 15 is 0 Å². The number of hydrogen-bond acceptors (Lipinski definition) is 3. The Balaban J connectivity index is 2.44. The zero-order valence-corrected chi connectivity index (χ0v) is 12.6. The van der Waals surface area contributed by atoms with E-state index in [-0.39, 0.29) is 24.0 Å². The maximum atomic E-state index is 13.5. The van der Waals surface area contributed by atoms with Gasteiger partial charge in [0, 0.05) is 0 Å². The highest BCUT2D eigenvalue weighted by molar-refractivity contribution is 9.10. The number of hydrogen-bond donors (Lipinski definition) is 1. The molecule has 1 heterocycles. The monoisotopic (exact) mass is 341 g/mol. The molecule has 0 atom stereocenters. The van der Waals surface area contributed by atoms with Crippen LogP contribution >= 0.6 is 15.9 Å². The highest BCUT2D eigenvalue weighted by atomic mass is 79.9. The number of carbonyl (C=O) groups is 1. The van der Waals surface area contributed by atoms with Crippen LogP contribution in [0.3, 0.4) is 0 Å². The van der Waals surface area contributed by atoms with Crippen LogP contribution in [0.2, 0.25) is 0 Å². The number of nitrogens with zero attached hydrogens (tertiary/aromatic N) is 3. The lowest BCUT2D eigenvalue weighted by molar-refractivity contribution is 0.0688. The lowest BCUT2D eigenvalue weighted by Crippen LogP contribution is -2.11. The predicted octanol–water partition coefficient (Wildman–Crippen LogP) is 3.05. The average molecular weight is 342 g/mol. The highest BCUT2D eigenvalue weighted by Crippen LogP contribution is 2.24. The Kier molecular flexibility index (Phi) is 4.17. The smallest absolute Gasteiger partial charge is 0.358 e. The van der Waals surface area contributed by atoms with Crippen molar-refractivity contribution >= 4 is 21.9 Å². The molecule has 0 unspecified atom stereocenters. The minimum absolute atomic E-state index is 0.0524. The summed E-state index contributed by atoms with van der Waals surface area (Å²) in [5.41, 5.74) is 1.13. The van der Waals surface area contributed by atoms with Crippen molar-refractivity contribution in [3.63, 3.8) is 0 Å². The lowest BCUT2D eigenvalue weighted by atomic mass is 10.1. The summed E-state index contributed by atoms with van der Waals surface area (Å²) >= 11 is 3.18. The van der Waals surface area contributed by atoms with Crippen LogP contribution in [-0.4, -0.2) is 26.1 Å². The zero-order chi connectivity index (χ0) is 14.9. The molecule has 5 nitrogen and oxygen atoms in total. The third-order valence-corrected chi connectivity index (χ3v) is 3.76. The van der Waals surface area contributed by atoms with Gasteiger partial charge in [-0.05, 0) is 33.5 Å². The second kappa shape index (κ2) is 5.70. The molecule has 20 heavy (non-hydrogen) atoms. The van der Waals surface area contributed by atoms with Crippen molar-refractivity contribution in [1.29, 1.82) is 0 Å². The lowest BCUT2D eigenvalue weighted by Gasteiger charge is -2.11. The molecule has 0 radical (unpaired) electrons. The summed E-state index contributed by atoms with van der Waals surface area (Å²) in [4.78, 5) is 11.1. The number of aromatic nitrogens is 3. The van der Waals surface area contributed by atoms with Gasteiger partial charge in [0.2, 0.25) is 0 Å². The molecule has 7 heteroatoms. The number of aromatic carboxylic acids is 1. The Labute approximate surface area is 123 Å². The first kappa shape index (κ1) is 14.6. The molecule has 2 aromatic rings. The fraction of sp³-hybridized carbons (Fsp3) is 0.308. The van der Waals surface area contributed by atoms with Gasteiger partial charge in [-0.2, -0.15) is 0 Å². The quantitative estimate of drug-likeness (QED) is 0.927. The standard InChI is InChI=1S/C13H13BrFN3O2/c1-7(2)12-11(13(19)20)16-17-18(12)6-8-4-3-5-9(15)10(8)14/h3-5,7H,6H2,1-2H3,(H,19,20). The molecule has 0 fully saturated rings. The summed E-state index contributed by atoms with van der Waals surface area (Å²) in [5, 5.41) is 16.7. The van der Waals surface area contributed by atoms with Crippen LogP contribution < -0.4 is 0 Å². The van der Waals surface area contributed by atoms with E-state index in [0.717, 1.165) is 0 Å². The van der Waals surface area contributed by atoms with Gasteiger partial charge in [-0.3, -0.25) is 0 Å². The second-order valence-electron chi connectivity index (χ2n) is 4.65. The van der Waals surface area contributed by atoms with Crippen LogP contribution in [0.5, 0.6) is 0 Å². The van der Waals surface area contributed by atoms with E-state index in [9.17, 15) is 9.18 Å². The second-order valence-corrected chi connectivity index (χ2v) is 5.45. The summed E-state index contributed by atoms with van der Waals surface area (Å²) in [5.74, 6) is -1.53. The molecular formula is C13H13BrFN3O2. The first-order valence-electron chi connectivity index (χ1n) is 6.01. The van der Waals surface area contributed by atoms with Crippen LogP contribution in [0, 0.1) is 5.82 Å². The molecule has 106 valence electrons. The maximum Gasteiger partial charge on any atom is 0.358 e. The molecule has 0 bridgehead atoms. The Bertz CT molecular complexity index is 655. The summed E-state index contributed by atoms with van der Waals surface area (Å²) < 4.78 is 15.3. The first-order valence-corrected chi connectivity index (χ1v) is 6.80. The third kappa shape index (κ3) is 2.72. The largest absolute Gasteiger partial charge is 0.476 e. The minimum Gasteiger partial charge on any atom is -0.476 e. The predicted molar refractivity (Wildman–Crippen MR) is 74.3 cm³/mol. The topological polar surface area (TPSA) is 68.0 Å². The molecule has 0 aliphatic heterocycles. The molecule has 2 rings (SSSR count). The molecule has 0 amide bonds. The van der Waals surface area contributed by atoms with E-state index in [1.54, 1.807) is 12.1 Å². The van der Waals surface area contributed by atoms with Gasteiger partial charge in [0.05, 0.1) is 16.7 Å². The number of carboxylic acid groups (broad SMARTS) is 1. The average Bonchev–Trinajstić information content (AvgIpc) is 2.79. The Hall–Kier alpha value is -1.76. The SMILES string of the molecule is CC(C)c1c(C(=O)O)nnn1Cc1cccc(F)c1Br. The summed E-state index contributed by atoms with van der Waals surface area (Å²) in [7, 11) is 0. The maximum absolute atomic E-state index is 13.5. The molecule has 0 saturated heterocycles. The first-order chi connectivity index (χ1) is 9.41. The van der Waals surface area contributed by atoms with E-state index < -0.39 is 5.97 Å².